The number of hydrogen-bond donors (Lipinski definition) is 1. The third-order valence-corrected chi connectivity index (χ3v) is 2.30. The minimum Gasteiger partial charge on any atom is -0.490 e. The molecule has 2 aromatic rings. The molecule has 0 aliphatic heterocycles. The summed E-state index contributed by atoms with van der Waals surface area (Å²) < 4.78 is 10.6. The van der Waals surface area contributed by atoms with E-state index in [-0.39, 0.29) is 0 Å². The summed E-state index contributed by atoms with van der Waals surface area (Å²) in [5.74, 6) is 1.26. The highest BCUT2D eigenvalue weighted by molar-refractivity contribution is 5.87. The quantitative estimate of drug-likeness (QED) is 0.786. The summed E-state index contributed by atoms with van der Waals surface area (Å²) in [7, 11) is 0. The van der Waals surface area contributed by atoms with Gasteiger partial charge in [0.25, 0.3) is 0 Å². The number of fused-ring (bicyclic) bond motifs is 1. The Kier molecular flexibility index (Phi) is 1.45. The smallest absolute Gasteiger partial charge is 0.174 e. The van der Waals surface area contributed by atoms with Crippen molar-refractivity contribution in [2.45, 2.75) is 18.9 Å². The van der Waals surface area contributed by atoms with E-state index in [1.54, 1.807) is 0 Å². The lowest BCUT2D eigenvalue weighted by atomic mass is 10.2. The zero-order chi connectivity index (χ0) is 9.54. The molecule has 0 unspecified atom stereocenters. The van der Waals surface area contributed by atoms with Gasteiger partial charge in [-0.25, -0.2) is 0 Å². The minimum atomic E-state index is 0.397. The van der Waals surface area contributed by atoms with Gasteiger partial charge in [-0.1, -0.05) is 5.16 Å². The van der Waals surface area contributed by atoms with Gasteiger partial charge in [0, 0.05) is 0 Å². The van der Waals surface area contributed by atoms with Crippen molar-refractivity contribution in [1.29, 1.82) is 0 Å². The van der Waals surface area contributed by atoms with E-state index in [2.05, 4.69) is 5.16 Å². The number of ether oxygens (including phenoxy) is 1. The lowest BCUT2D eigenvalue weighted by Gasteiger charge is -2.02. The summed E-state index contributed by atoms with van der Waals surface area (Å²) in [4.78, 5) is 0. The Morgan fingerprint density at radius 1 is 1.43 bits per heavy atom. The molecule has 0 amide bonds. The highest BCUT2D eigenvalue weighted by atomic mass is 16.5. The van der Waals surface area contributed by atoms with Crippen molar-refractivity contribution in [2.24, 2.45) is 0 Å². The molecule has 0 spiro atoms. The summed E-state index contributed by atoms with van der Waals surface area (Å²) in [6, 6.07) is 5.58. The Labute approximate surface area is 80.6 Å². The van der Waals surface area contributed by atoms with Gasteiger partial charge in [0.2, 0.25) is 0 Å². The number of benzene rings is 1. The Morgan fingerprint density at radius 2 is 2.29 bits per heavy atom. The molecule has 1 aromatic carbocycles. The first-order chi connectivity index (χ1) is 6.83. The molecule has 4 heteroatoms. The maximum atomic E-state index is 5.63. The SMILES string of the molecule is Nc1noc2ccc(OC3CC3)cc12. The molecule has 1 saturated carbocycles. The fourth-order valence-corrected chi connectivity index (χ4v) is 1.39. The summed E-state index contributed by atoms with van der Waals surface area (Å²) in [6.45, 7) is 0. The van der Waals surface area contributed by atoms with Gasteiger partial charge in [-0.3, -0.25) is 0 Å². The second-order valence-electron chi connectivity index (χ2n) is 3.54. The molecule has 72 valence electrons. The Bertz CT molecular complexity index is 474. The van der Waals surface area contributed by atoms with Gasteiger partial charge in [-0.15, -0.1) is 0 Å². The minimum absolute atomic E-state index is 0.397. The van der Waals surface area contributed by atoms with Gasteiger partial charge in [0.15, 0.2) is 11.4 Å². The molecule has 2 N–H and O–H groups in total. The van der Waals surface area contributed by atoms with E-state index in [1.165, 1.54) is 0 Å². The fourth-order valence-electron chi connectivity index (χ4n) is 1.39. The van der Waals surface area contributed by atoms with Crippen LogP contribution in [0.2, 0.25) is 0 Å². The van der Waals surface area contributed by atoms with Crippen LogP contribution >= 0.6 is 0 Å². The lowest BCUT2D eigenvalue weighted by molar-refractivity contribution is 0.303. The lowest BCUT2D eigenvalue weighted by Crippen LogP contribution is -1.95. The number of rotatable bonds is 2. The second kappa shape index (κ2) is 2.64. The number of hydrogen-bond acceptors (Lipinski definition) is 4. The molecular formula is C10H10N2O2. The highest BCUT2D eigenvalue weighted by Crippen LogP contribution is 2.30. The van der Waals surface area contributed by atoms with Crippen LogP contribution in [0.15, 0.2) is 22.7 Å². The maximum Gasteiger partial charge on any atom is 0.174 e. The number of nitrogens with two attached hydrogens (primary N) is 1. The molecule has 0 bridgehead atoms. The van der Waals surface area contributed by atoms with Crippen LogP contribution in [0.3, 0.4) is 0 Å². The van der Waals surface area contributed by atoms with Crippen LogP contribution in [0.5, 0.6) is 5.75 Å². The van der Waals surface area contributed by atoms with E-state index in [9.17, 15) is 0 Å². The van der Waals surface area contributed by atoms with Crippen molar-refractivity contribution in [2.75, 3.05) is 5.73 Å². The molecule has 3 rings (SSSR count). The van der Waals surface area contributed by atoms with Crippen molar-refractivity contribution >= 4 is 16.8 Å². The maximum absolute atomic E-state index is 5.63. The molecule has 1 aliphatic carbocycles. The first-order valence-electron chi connectivity index (χ1n) is 4.64. The van der Waals surface area contributed by atoms with E-state index >= 15 is 0 Å². The van der Waals surface area contributed by atoms with Crippen LogP contribution in [-0.4, -0.2) is 11.3 Å². The van der Waals surface area contributed by atoms with E-state index in [1.807, 2.05) is 18.2 Å². The molecule has 0 saturated heterocycles. The van der Waals surface area contributed by atoms with Crippen molar-refractivity contribution in [3.63, 3.8) is 0 Å². The standard InChI is InChI=1S/C10H10N2O2/c11-10-8-5-7(13-6-1-2-6)3-4-9(8)14-12-10/h3-6H,1-2H2,(H2,11,12). The highest BCUT2D eigenvalue weighted by Gasteiger charge is 2.23. The van der Waals surface area contributed by atoms with Gasteiger partial charge in [0.05, 0.1) is 11.5 Å². The van der Waals surface area contributed by atoms with Crippen LogP contribution in [0.4, 0.5) is 5.82 Å². The van der Waals surface area contributed by atoms with Gasteiger partial charge >= 0.3 is 0 Å². The molecule has 4 nitrogen and oxygen atoms in total. The molecule has 1 heterocycles. The van der Waals surface area contributed by atoms with E-state index in [0.717, 1.165) is 24.0 Å². The third kappa shape index (κ3) is 1.19. The number of aromatic nitrogens is 1. The van der Waals surface area contributed by atoms with Crippen molar-refractivity contribution in [3.8, 4) is 5.75 Å². The van der Waals surface area contributed by atoms with Crippen LogP contribution in [0.1, 0.15) is 12.8 Å². The predicted molar refractivity (Wildman–Crippen MR) is 52.1 cm³/mol. The molecule has 0 radical (unpaired) electrons. The molecular weight excluding hydrogens is 180 g/mol. The molecule has 0 atom stereocenters. The molecule has 1 aromatic heterocycles. The average molecular weight is 190 g/mol. The predicted octanol–water partition coefficient (Wildman–Crippen LogP) is 1.95. The largest absolute Gasteiger partial charge is 0.490 e. The summed E-state index contributed by atoms with van der Waals surface area (Å²) >= 11 is 0. The fraction of sp³-hybridized carbons (Fsp3) is 0.300. The van der Waals surface area contributed by atoms with Crippen LogP contribution in [0, 0.1) is 0 Å². The Balaban J connectivity index is 2.03. The van der Waals surface area contributed by atoms with E-state index < -0.39 is 0 Å². The van der Waals surface area contributed by atoms with Gasteiger partial charge in [-0.2, -0.15) is 0 Å². The molecule has 1 aliphatic rings. The third-order valence-electron chi connectivity index (χ3n) is 2.30. The monoisotopic (exact) mass is 190 g/mol. The van der Waals surface area contributed by atoms with E-state index in [0.29, 0.717) is 17.5 Å². The zero-order valence-electron chi connectivity index (χ0n) is 7.56. The first-order valence-corrected chi connectivity index (χ1v) is 4.64. The summed E-state index contributed by atoms with van der Waals surface area (Å²) in [6.07, 6.45) is 2.70. The first kappa shape index (κ1) is 7.67. The molecule has 1 fully saturated rings. The van der Waals surface area contributed by atoms with Gasteiger partial charge < -0.3 is 15.0 Å². The van der Waals surface area contributed by atoms with Crippen LogP contribution < -0.4 is 10.5 Å². The molecule has 14 heavy (non-hydrogen) atoms. The van der Waals surface area contributed by atoms with Crippen molar-refractivity contribution in [1.82, 2.24) is 5.16 Å². The van der Waals surface area contributed by atoms with Crippen LogP contribution in [-0.2, 0) is 0 Å². The van der Waals surface area contributed by atoms with Gasteiger partial charge in [-0.05, 0) is 31.0 Å². The average Bonchev–Trinajstić information content (AvgIpc) is 2.92. The van der Waals surface area contributed by atoms with Gasteiger partial charge in [0.1, 0.15) is 5.75 Å². The topological polar surface area (TPSA) is 61.3 Å². The number of nitrogen functional groups attached to an aromatic ring is 1. The van der Waals surface area contributed by atoms with Crippen molar-refractivity contribution < 1.29 is 9.26 Å². The van der Waals surface area contributed by atoms with Crippen molar-refractivity contribution in [3.05, 3.63) is 18.2 Å². The second-order valence-corrected chi connectivity index (χ2v) is 3.54. The Morgan fingerprint density at radius 3 is 3.07 bits per heavy atom. The number of anilines is 1. The summed E-state index contributed by atoms with van der Waals surface area (Å²) in [5.41, 5.74) is 6.33. The number of nitrogens with zero attached hydrogens (tertiary/aromatic N) is 1. The normalized spacial score (nSPS) is 16.0. The Hall–Kier alpha value is -1.71. The van der Waals surface area contributed by atoms with E-state index in [4.69, 9.17) is 15.0 Å². The van der Waals surface area contributed by atoms with Crippen LogP contribution in [0.25, 0.3) is 11.0 Å². The summed E-state index contributed by atoms with van der Waals surface area (Å²) in [5, 5.41) is 4.50. The zero-order valence-corrected chi connectivity index (χ0v) is 7.56.